The van der Waals surface area contributed by atoms with Gasteiger partial charge in [0.2, 0.25) is 0 Å². The SMILES string of the molecule is Cl.Cl.N[C@H]1CC[C@H](Nc2c3c(nc4c(Br)cnn24)C2(CCCC2)C(CO)C3)C1. The predicted molar refractivity (Wildman–Crippen MR) is 119 cm³/mol. The Labute approximate surface area is 186 Å². The molecule has 0 aromatic carbocycles. The Morgan fingerprint density at radius 1 is 1.29 bits per heavy atom. The molecule has 3 aliphatic rings. The van der Waals surface area contributed by atoms with E-state index in [2.05, 4.69) is 26.3 Å². The van der Waals surface area contributed by atoms with Gasteiger partial charge in [-0.15, -0.1) is 24.8 Å². The molecule has 2 heterocycles. The molecule has 156 valence electrons. The maximum absolute atomic E-state index is 10.1. The van der Waals surface area contributed by atoms with E-state index in [1.165, 1.54) is 24.1 Å². The minimum Gasteiger partial charge on any atom is -0.396 e. The van der Waals surface area contributed by atoms with Gasteiger partial charge in [0.1, 0.15) is 5.82 Å². The fraction of sp³-hybridized carbons (Fsp3) is 0.684. The monoisotopic (exact) mass is 491 g/mol. The first kappa shape index (κ1) is 22.1. The smallest absolute Gasteiger partial charge is 0.171 e. The normalized spacial score (nSPS) is 27.6. The zero-order valence-electron chi connectivity index (χ0n) is 15.7. The van der Waals surface area contributed by atoms with Crippen LogP contribution in [0.5, 0.6) is 0 Å². The number of halogens is 3. The van der Waals surface area contributed by atoms with Crippen LogP contribution in [0.2, 0.25) is 0 Å². The average molecular weight is 493 g/mol. The number of nitrogens with two attached hydrogens (primary N) is 1. The van der Waals surface area contributed by atoms with Crippen molar-refractivity contribution in [1.29, 1.82) is 0 Å². The van der Waals surface area contributed by atoms with E-state index < -0.39 is 0 Å². The lowest BCUT2D eigenvalue weighted by Gasteiger charge is -2.30. The van der Waals surface area contributed by atoms with Gasteiger partial charge in [-0.1, -0.05) is 12.8 Å². The number of aliphatic hydroxyl groups is 1. The summed E-state index contributed by atoms with van der Waals surface area (Å²) in [6.45, 7) is 0.230. The van der Waals surface area contributed by atoms with Crippen molar-refractivity contribution in [1.82, 2.24) is 14.6 Å². The molecule has 1 unspecified atom stereocenters. The summed E-state index contributed by atoms with van der Waals surface area (Å²) < 4.78 is 2.86. The van der Waals surface area contributed by atoms with Crippen molar-refractivity contribution in [2.24, 2.45) is 11.7 Å². The molecule has 0 saturated heterocycles. The van der Waals surface area contributed by atoms with E-state index in [1.807, 2.05) is 10.7 Å². The van der Waals surface area contributed by atoms with Crippen LogP contribution in [0.4, 0.5) is 5.82 Å². The quantitative estimate of drug-likeness (QED) is 0.609. The fourth-order valence-electron chi connectivity index (χ4n) is 5.62. The molecule has 3 aliphatic carbocycles. The maximum atomic E-state index is 10.1. The molecule has 0 radical (unpaired) electrons. The summed E-state index contributed by atoms with van der Waals surface area (Å²) >= 11 is 3.62. The summed E-state index contributed by atoms with van der Waals surface area (Å²) in [5.74, 6) is 1.33. The largest absolute Gasteiger partial charge is 0.396 e. The van der Waals surface area contributed by atoms with Crippen LogP contribution in [0.3, 0.4) is 0 Å². The molecule has 5 rings (SSSR count). The molecule has 2 aromatic rings. The molecule has 4 N–H and O–H groups in total. The highest BCUT2D eigenvalue weighted by Gasteiger charge is 2.51. The van der Waals surface area contributed by atoms with E-state index in [9.17, 15) is 5.11 Å². The highest BCUT2D eigenvalue weighted by molar-refractivity contribution is 9.10. The third-order valence-corrected chi connectivity index (χ3v) is 7.50. The topological polar surface area (TPSA) is 88.5 Å². The van der Waals surface area contributed by atoms with Gasteiger partial charge in [0.15, 0.2) is 5.65 Å². The van der Waals surface area contributed by atoms with Crippen LogP contribution < -0.4 is 11.1 Å². The highest BCUT2D eigenvalue weighted by atomic mass is 79.9. The number of rotatable bonds is 3. The number of aromatic nitrogens is 3. The lowest BCUT2D eigenvalue weighted by molar-refractivity contribution is 0.162. The van der Waals surface area contributed by atoms with Crippen LogP contribution in [-0.4, -0.2) is 38.4 Å². The minimum absolute atomic E-state index is 0. The zero-order chi connectivity index (χ0) is 17.9. The second-order valence-corrected chi connectivity index (χ2v) is 9.23. The van der Waals surface area contributed by atoms with Gasteiger partial charge in [-0.2, -0.15) is 9.61 Å². The van der Waals surface area contributed by atoms with Crippen LogP contribution in [0.1, 0.15) is 56.2 Å². The van der Waals surface area contributed by atoms with Crippen LogP contribution in [-0.2, 0) is 11.8 Å². The molecule has 2 saturated carbocycles. The molecule has 3 atom stereocenters. The molecule has 2 aromatic heterocycles. The van der Waals surface area contributed by atoms with E-state index in [4.69, 9.17) is 10.7 Å². The van der Waals surface area contributed by atoms with Gasteiger partial charge in [0.25, 0.3) is 0 Å². The van der Waals surface area contributed by atoms with E-state index in [0.717, 1.165) is 54.5 Å². The van der Waals surface area contributed by atoms with Gasteiger partial charge in [-0.05, 0) is 60.4 Å². The van der Waals surface area contributed by atoms with Crippen molar-refractivity contribution in [3.63, 3.8) is 0 Å². The van der Waals surface area contributed by atoms with Crippen molar-refractivity contribution < 1.29 is 5.11 Å². The van der Waals surface area contributed by atoms with Gasteiger partial charge in [0, 0.05) is 29.7 Å². The lowest BCUT2D eigenvalue weighted by Crippen LogP contribution is -2.31. The molecular formula is C19H28BrCl2N5O. The van der Waals surface area contributed by atoms with Gasteiger partial charge in [0.05, 0.1) is 16.4 Å². The maximum Gasteiger partial charge on any atom is 0.171 e. The minimum atomic E-state index is 0. The Morgan fingerprint density at radius 3 is 2.68 bits per heavy atom. The number of anilines is 1. The summed E-state index contributed by atoms with van der Waals surface area (Å²) in [7, 11) is 0. The Kier molecular flexibility index (Phi) is 6.52. The summed E-state index contributed by atoms with van der Waals surface area (Å²) in [6, 6.07) is 0.670. The molecule has 28 heavy (non-hydrogen) atoms. The third-order valence-electron chi connectivity index (χ3n) is 6.94. The summed E-state index contributed by atoms with van der Waals surface area (Å²) in [5, 5.41) is 18.5. The Balaban J connectivity index is 0.00000112. The van der Waals surface area contributed by atoms with Crippen LogP contribution in [0.25, 0.3) is 5.65 Å². The third kappa shape index (κ3) is 3.23. The van der Waals surface area contributed by atoms with Crippen LogP contribution in [0.15, 0.2) is 10.7 Å². The first-order valence-corrected chi connectivity index (χ1v) is 10.6. The van der Waals surface area contributed by atoms with Crippen LogP contribution >= 0.6 is 40.7 Å². The van der Waals surface area contributed by atoms with E-state index >= 15 is 0 Å². The van der Waals surface area contributed by atoms with Crippen molar-refractivity contribution in [2.45, 2.75) is 68.9 Å². The number of nitrogens with one attached hydrogen (secondary N) is 1. The first-order chi connectivity index (χ1) is 12.6. The Bertz CT molecular complexity index is 854. The van der Waals surface area contributed by atoms with Gasteiger partial charge in [-0.3, -0.25) is 0 Å². The average Bonchev–Trinajstić information content (AvgIpc) is 3.39. The molecule has 0 bridgehead atoms. The molecule has 6 nitrogen and oxygen atoms in total. The summed E-state index contributed by atoms with van der Waals surface area (Å²) in [6.07, 6.45) is 10.6. The summed E-state index contributed by atoms with van der Waals surface area (Å²) in [4.78, 5) is 5.08. The van der Waals surface area contributed by atoms with E-state index in [0.29, 0.717) is 6.04 Å². The molecule has 0 amide bonds. The van der Waals surface area contributed by atoms with Gasteiger partial charge >= 0.3 is 0 Å². The fourth-order valence-corrected chi connectivity index (χ4v) is 5.97. The number of nitrogens with zero attached hydrogens (tertiary/aromatic N) is 3. The van der Waals surface area contributed by atoms with Gasteiger partial charge < -0.3 is 16.2 Å². The molecule has 9 heteroatoms. The highest BCUT2D eigenvalue weighted by Crippen LogP contribution is 2.54. The molecule has 0 aliphatic heterocycles. The van der Waals surface area contributed by atoms with Gasteiger partial charge in [-0.25, -0.2) is 4.98 Å². The van der Waals surface area contributed by atoms with Crippen LogP contribution in [0, 0.1) is 5.92 Å². The predicted octanol–water partition coefficient (Wildman–Crippen LogP) is 3.60. The number of fused-ring (bicyclic) bond motifs is 3. The van der Waals surface area contributed by atoms with E-state index in [1.54, 1.807) is 0 Å². The molecule has 1 spiro atoms. The molecular weight excluding hydrogens is 465 g/mol. The lowest BCUT2D eigenvalue weighted by atomic mass is 9.76. The second kappa shape index (κ2) is 8.26. The standard InChI is InChI=1S/C19H26BrN5O.2ClH/c20-15-9-22-25-17(23-13-4-3-12(21)8-13)14-7-11(10-26)19(5-1-2-6-19)16(14)24-18(15)25;;/h9,11-13,23,26H,1-8,10,21H2;2*1H/t11?,12-,13-;;/m0../s1. The summed E-state index contributed by atoms with van der Waals surface area (Å²) in [5.41, 5.74) is 9.50. The Hall–Kier alpha value is -0.600. The van der Waals surface area contributed by atoms with Crippen molar-refractivity contribution in [2.75, 3.05) is 11.9 Å². The number of hydrogen-bond donors (Lipinski definition) is 3. The van der Waals surface area contributed by atoms with Crippen molar-refractivity contribution >= 4 is 52.2 Å². The number of hydrogen-bond acceptors (Lipinski definition) is 5. The van der Waals surface area contributed by atoms with E-state index in [-0.39, 0.29) is 48.8 Å². The molecule has 2 fully saturated rings. The number of aliphatic hydroxyl groups excluding tert-OH is 1. The first-order valence-electron chi connectivity index (χ1n) is 9.82. The van der Waals surface area contributed by atoms with Crippen molar-refractivity contribution in [3.05, 3.63) is 21.9 Å². The van der Waals surface area contributed by atoms with Crippen molar-refractivity contribution in [3.8, 4) is 0 Å². The zero-order valence-corrected chi connectivity index (χ0v) is 19.0. The Morgan fingerprint density at radius 2 is 2.04 bits per heavy atom. The second-order valence-electron chi connectivity index (χ2n) is 8.38.